The van der Waals surface area contributed by atoms with Gasteiger partial charge in [-0.2, -0.15) is 0 Å². The summed E-state index contributed by atoms with van der Waals surface area (Å²) in [7, 11) is -0.00990. The molecule has 0 spiro atoms. The number of likely N-dealkylation sites (tertiary alicyclic amines) is 1. The van der Waals surface area contributed by atoms with Crippen LogP contribution >= 0.6 is 11.6 Å². The van der Waals surface area contributed by atoms with E-state index in [1.165, 1.54) is 0 Å². The van der Waals surface area contributed by atoms with Crippen molar-refractivity contribution in [2.75, 3.05) is 52.4 Å². The zero-order chi connectivity index (χ0) is 27.0. The van der Waals surface area contributed by atoms with Crippen LogP contribution in [0.1, 0.15) is 41.6 Å². The average molecular weight is 590 g/mol. The van der Waals surface area contributed by atoms with Gasteiger partial charge in [-0.3, -0.25) is 4.79 Å². The average Bonchev–Trinajstić information content (AvgIpc) is 2.87. The minimum atomic E-state index is -3.17. The van der Waals surface area contributed by atoms with Gasteiger partial charge >= 0.3 is 0 Å². The number of hydrogen-bond acceptors (Lipinski definition) is 8. The second-order valence-corrected chi connectivity index (χ2v) is 11.5. The number of sulfonamides is 1. The Kier molecular flexibility index (Phi) is 12.4. The lowest BCUT2D eigenvalue weighted by atomic mass is 9.90. The zero-order valence-electron chi connectivity index (χ0n) is 22.0. The number of nitrogens with two attached hydrogens (primary N) is 1. The Bertz CT molecular complexity index is 1170. The number of nitrogens with zero attached hydrogens (tertiary/aromatic N) is 1. The third-order valence-corrected chi connectivity index (χ3v) is 7.54. The number of carbonyl (C=O) groups excluding carboxylic acids is 1. The number of piperidine rings is 1. The maximum atomic E-state index is 13.2. The molecule has 0 amide bonds. The third-order valence-electron chi connectivity index (χ3n) is 6.48. The van der Waals surface area contributed by atoms with Gasteiger partial charge in [-0.15, -0.1) is 0 Å². The lowest BCUT2D eigenvalue weighted by molar-refractivity contribution is -0.0000193. The van der Waals surface area contributed by atoms with Crippen LogP contribution in [0.5, 0.6) is 17.2 Å². The summed E-state index contributed by atoms with van der Waals surface area (Å²) in [4.78, 5) is 15.4. The summed E-state index contributed by atoms with van der Waals surface area (Å²) < 4.78 is 41.6. The second kappa shape index (κ2) is 14.8. The van der Waals surface area contributed by atoms with Crippen molar-refractivity contribution in [2.24, 2.45) is 5.92 Å². The Morgan fingerprint density at radius 2 is 1.74 bits per heavy atom. The molecule has 0 saturated carbocycles. The number of nitrogen functional groups attached to an aromatic ring is 1. The molecule has 2 aromatic rings. The van der Waals surface area contributed by atoms with Crippen LogP contribution in [-0.2, 0) is 16.6 Å². The van der Waals surface area contributed by atoms with E-state index < -0.39 is 10.0 Å². The van der Waals surface area contributed by atoms with E-state index in [2.05, 4.69) is 9.62 Å². The minimum Gasteiger partial charge on any atom is -1.00 e. The number of carbonyl (C=O) groups is 1. The molecule has 1 fully saturated rings. The quantitative estimate of drug-likeness (QED) is 0.260. The Hall–Kier alpha value is -2.24. The number of hydrogen-bond donors (Lipinski definition) is 2. The first-order valence-electron chi connectivity index (χ1n) is 12.2. The highest BCUT2D eigenvalue weighted by Crippen LogP contribution is 2.32. The van der Waals surface area contributed by atoms with Crippen molar-refractivity contribution in [3.8, 4) is 17.2 Å². The molecule has 0 radical (unpaired) electrons. The standard InChI is InChI=1S/C26H36ClN3O6S.ClH/c1-34-20-12-19(13-21(14-20)35-2)17-36-26-16-24(28)23(27)15-22(26)25(31)5-4-18-6-9-30(10-7-18)11-8-29-37(3,32)33;/h12-16,18,29H,4-11,17,28H2,1-3H3;1H/p-1. The molecule has 1 heterocycles. The molecule has 0 bridgehead atoms. The van der Waals surface area contributed by atoms with Gasteiger partial charge in [-0.25, -0.2) is 13.1 Å². The maximum Gasteiger partial charge on any atom is 0.208 e. The molecule has 12 heteroatoms. The van der Waals surface area contributed by atoms with Gasteiger partial charge in [0, 0.05) is 31.6 Å². The molecule has 1 saturated heterocycles. The van der Waals surface area contributed by atoms with Crippen LogP contribution in [0.4, 0.5) is 5.69 Å². The Morgan fingerprint density at radius 1 is 1.11 bits per heavy atom. The van der Waals surface area contributed by atoms with Gasteiger partial charge in [-0.1, -0.05) is 11.6 Å². The number of halogens is 2. The minimum absolute atomic E-state index is 0. The lowest BCUT2D eigenvalue weighted by Crippen LogP contribution is -3.00. The molecule has 3 N–H and O–H groups in total. The fourth-order valence-electron chi connectivity index (χ4n) is 4.37. The topological polar surface area (TPSA) is 120 Å². The summed E-state index contributed by atoms with van der Waals surface area (Å²) in [5.74, 6) is 2.06. The second-order valence-electron chi connectivity index (χ2n) is 9.29. The first-order valence-corrected chi connectivity index (χ1v) is 14.5. The third kappa shape index (κ3) is 9.81. The van der Waals surface area contributed by atoms with Crippen molar-refractivity contribution < 1.29 is 39.8 Å². The van der Waals surface area contributed by atoms with Gasteiger partial charge in [-0.05, 0) is 62.0 Å². The van der Waals surface area contributed by atoms with Crippen LogP contribution in [0.15, 0.2) is 30.3 Å². The molecule has 0 aliphatic carbocycles. The lowest BCUT2D eigenvalue weighted by Gasteiger charge is -2.31. The Morgan fingerprint density at radius 3 is 2.32 bits per heavy atom. The molecule has 212 valence electrons. The number of nitrogens with one attached hydrogen (secondary N) is 1. The highest BCUT2D eigenvalue weighted by molar-refractivity contribution is 7.88. The van der Waals surface area contributed by atoms with Crippen molar-refractivity contribution in [3.63, 3.8) is 0 Å². The SMILES string of the molecule is COc1cc(COc2cc(N)c(Cl)cc2C(=O)CCC2CCN(CCNS(C)(=O)=O)CC2)cc(OC)c1.[Cl-]. The highest BCUT2D eigenvalue weighted by Gasteiger charge is 2.22. The number of rotatable bonds is 13. The molecule has 2 aromatic carbocycles. The molecular weight excluding hydrogens is 553 g/mol. The number of ketones is 1. The predicted octanol–water partition coefficient (Wildman–Crippen LogP) is 0.747. The van der Waals surface area contributed by atoms with Gasteiger partial charge in [0.2, 0.25) is 10.0 Å². The van der Waals surface area contributed by atoms with Gasteiger partial charge in [0.05, 0.1) is 36.7 Å². The van der Waals surface area contributed by atoms with Crippen molar-refractivity contribution in [2.45, 2.75) is 32.3 Å². The molecule has 1 aliphatic rings. The van der Waals surface area contributed by atoms with E-state index in [1.807, 2.05) is 12.1 Å². The van der Waals surface area contributed by atoms with Crippen molar-refractivity contribution in [3.05, 3.63) is 46.5 Å². The summed E-state index contributed by atoms with van der Waals surface area (Å²) in [5.41, 5.74) is 7.58. The van der Waals surface area contributed by atoms with E-state index in [1.54, 1.807) is 32.4 Å². The van der Waals surface area contributed by atoms with Crippen LogP contribution in [0.25, 0.3) is 0 Å². The molecule has 0 atom stereocenters. The summed E-state index contributed by atoms with van der Waals surface area (Å²) in [6.07, 6.45) is 4.24. The first kappa shape index (κ1) is 32.0. The molecule has 0 aromatic heterocycles. The predicted molar refractivity (Wildman–Crippen MR) is 145 cm³/mol. The summed E-state index contributed by atoms with van der Waals surface area (Å²) in [6.45, 7) is 3.06. The largest absolute Gasteiger partial charge is 1.00 e. The van der Waals surface area contributed by atoms with E-state index >= 15 is 0 Å². The van der Waals surface area contributed by atoms with E-state index in [0.717, 1.165) is 44.2 Å². The number of anilines is 1. The normalized spacial score (nSPS) is 14.5. The van der Waals surface area contributed by atoms with E-state index in [0.29, 0.717) is 59.0 Å². The van der Waals surface area contributed by atoms with Crippen LogP contribution < -0.4 is 37.1 Å². The monoisotopic (exact) mass is 588 g/mol. The summed E-state index contributed by atoms with van der Waals surface area (Å²) >= 11 is 6.25. The van der Waals surface area contributed by atoms with Crippen LogP contribution in [0.3, 0.4) is 0 Å². The van der Waals surface area contributed by atoms with Gasteiger partial charge in [0.25, 0.3) is 0 Å². The zero-order valence-corrected chi connectivity index (χ0v) is 24.3. The number of ether oxygens (including phenoxy) is 3. The Labute approximate surface area is 236 Å². The summed E-state index contributed by atoms with van der Waals surface area (Å²) in [5, 5.41) is 0.315. The van der Waals surface area contributed by atoms with E-state index in [-0.39, 0.29) is 24.8 Å². The fourth-order valence-corrected chi connectivity index (χ4v) is 5.00. The summed E-state index contributed by atoms with van der Waals surface area (Å²) in [6, 6.07) is 8.63. The molecule has 1 aliphatic heterocycles. The van der Waals surface area contributed by atoms with Crippen LogP contribution in [0, 0.1) is 5.92 Å². The van der Waals surface area contributed by atoms with Crippen molar-refractivity contribution in [1.82, 2.24) is 9.62 Å². The highest BCUT2D eigenvalue weighted by atomic mass is 35.5. The molecule has 3 rings (SSSR count). The van der Waals surface area contributed by atoms with E-state index in [9.17, 15) is 13.2 Å². The maximum absolute atomic E-state index is 13.2. The molecule has 9 nitrogen and oxygen atoms in total. The van der Waals surface area contributed by atoms with Gasteiger partial charge < -0.3 is 37.3 Å². The van der Waals surface area contributed by atoms with Gasteiger partial charge in [0.1, 0.15) is 23.9 Å². The van der Waals surface area contributed by atoms with Crippen molar-refractivity contribution in [1.29, 1.82) is 0 Å². The number of methoxy groups -OCH3 is 2. The smallest absolute Gasteiger partial charge is 0.208 e. The Balaban J connectivity index is 0.00000507. The fraction of sp³-hybridized carbons (Fsp3) is 0.500. The van der Waals surface area contributed by atoms with Gasteiger partial charge in [0.15, 0.2) is 5.78 Å². The number of Topliss-reactive ketones (excluding diaryl/α,β-unsaturated/α-hetero) is 1. The van der Waals surface area contributed by atoms with E-state index in [4.69, 9.17) is 31.5 Å². The van der Waals surface area contributed by atoms with Crippen LogP contribution in [0.2, 0.25) is 5.02 Å². The molecule has 38 heavy (non-hydrogen) atoms. The molecular formula is C26H36Cl2N3O6S-. The van der Waals surface area contributed by atoms with Crippen molar-refractivity contribution >= 4 is 33.1 Å². The first-order chi connectivity index (χ1) is 17.6. The van der Waals surface area contributed by atoms with Crippen LogP contribution in [-0.4, -0.2) is 65.8 Å². The number of benzene rings is 2. The molecule has 0 unspecified atom stereocenters.